The number of hydrogen-bond donors (Lipinski definition) is 1. The number of rotatable bonds is 10. The molecule has 1 amide bonds. The van der Waals surface area contributed by atoms with Gasteiger partial charge in [0.2, 0.25) is 11.7 Å². The Labute approximate surface area is 210 Å². The Morgan fingerprint density at radius 3 is 2.40 bits per heavy atom. The lowest BCUT2D eigenvalue weighted by molar-refractivity contribution is -0.146. The molecule has 1 N–H and O–H groups in total. The van der Waals surface area contributed by atoms with Crippen LogP contribution in [-0.2, 0) is 14.3 Å². The number of carbonyl (C=O) groups excluding carboxylic acids is 3. The molecule has 0 aliphatic carbocycles. The van der Waals surface area contributed by atoms with E-state index in [0.29, 0.717) is 28.4 Å². The van der Waals surface area contributed by atoms with Gasteiger partial charge in [-0.25, -0.2) is 0 Å². The standard InChI is InChI=1S/C28H28ClNO5/c1-18-10-11-19(2)25(16-18)35-24-14-12-23(13-15-24)30-26(31)8-5-9-27(32)34-20(3)28(33)21-6-4-7-22(29)17-21/h4,6-7,10-17,20H,5,8-9H2,1-3H3,(H,30,31). The molecule has 1 atom stereocenters. The minimum atomic E-state index is -0.931. The van der Waals surface area contributed by atoms with Crippen LogP contribution >= 0.6 is 11.6 Å². The van der Waals surface area contributed by atoms with Crippen molar-refractivity contribution in [3.63, 3.8) is 0 Å². The summed E-state index contributed by atoms with van der Waals surface area (Å²) < 4.78 is 11.1. The summed E-state index contributed by atoms with van der Waals surface area (Å²) in [6.07, 6.45) is -0.453. The summed E-state index contributed by atoms with van der Waals surface area (Å²) in [7, 11) is 0. The third-order valence-electron chi connectivity index (χ3n) is 5.28. The van der Waals surface area contributed by atoms with Gasteiger partial charge in [0.25, 0.3) is 0 Å². The largest absolute Gasteiger partial charge is 0.457 e. The van der Waals surface area contributed by atoms with Crippen LogP contribution in [0.2, 0.25) is 5.02 Å². The number of hydrogen-bond acceptors (Lipinski definition) is 5. The number of anilines is 1. The van der Waals surface area contributed by atoms with Gasteiger partial charge < -0.3 is 14.8 Å². The molecule has 7 heteroatoms. The van der Waals surface area contributed by atoms with Gasteiger partial charge in [-0.15, -0.1) is 0 Å². The summed E-state index contributed by atoms with van der Waals surface area (Å²) in [5.74, 6) is 0.374. The van der Waals surface area contributed by atoms with E-state index in [0.717, 1.165) is 16.9 Å². The lowest BCUT2D eigenvalue weighted by atomic mass is 10.1. The van der Waals surface area contributed by atoms with E-state index in [1.54, 1.807) is 42.5 Å². The van der Waals surface area contributed by atoms with E-state index in [-0.39, 0.29) is 24.5 Å². The maximum absolute atomic E-state index is 12.4. The van der Waals surface area contributed by atoms with E-state index >= 15 is 0 Å². The van der Waals surface area contributed by atoms with E-state index in [1.165, 1.54) is 13.0 Å². The molecule has 182 valence electrons. The molecule has 0 heterocycles. The molecule has 0 radical (unpaired) electrons. The molecule has 1 unspecified atom stereocenters. The SMILES string of the molecule is Cc1ccc(C)c(Oc2ccc(NC(=O)CCCC(=O)OC(C)C(=O)c3cccc(Cl)c3)cc2)c1. The number of Topliss-reactive ketones (excluding diaryl/α,β-unsaturated/α-hetero) is 1. The fraction of sp³-hybridized carbons (Fsp3) is 0.250. The van der Waals surface area contributed by atoms with Crippen LogP contribution in [0.25, 0.3) is 0 Å². The number of halogens is 1. The number of ketones is 1. The maximum Gasteiger partial charge on any atom is 0.306 e. The maximum atomic E-state index is 12.4. The van der Waals surface area contributed by atoms with Crippen LogP contribution in [-0.4, -0.2) is 23.8 Å². The molecule has 0 saturated carbocycles. The molecule has 0 fully saturated rings. The average Bonchev–Trinajstić information content (AvgIpc) is 2.82. The smallest absolute Gasteiger partial charge is 0.306 e. The Hall–Kier alpha value is -3.64. The molecule has 3 aromatic rings. The van der Waals surface area contributed by atoms with Crippen molar-refractivity contribution >= 4 is 34.9 Å². The first-order valence-electron chi connectivity index (χ1n) is 11.4. The second-order valence-corrected chi connectivity index (χ2v) is 8.74. The summed E-state index contributed by atoms with van der Waals surface area (Å²) in [5.41, 5.74) is 3.16. The summed E-state index contributed by atoms with van der Waals surface area (Å²) in [5, 5.41) is 3.23. The van der Waals surface area contributed by atoms with Gasteiger partial charge >= 0.3 is 5.97 Å². The van der Waals surface area contributed by atoms with Crippen molar-refractivity contribution in [3.05, 3.63) is 88.4 Å². The summed E-state index contributed by atoms with van der Waals surface area (Å²) in [4.78, 5) is 36.7. The second-order valence-electron chi connectivity index (χ2n) is 8.30. The zero-order valence-electron chi connectivity index (χ0n) is 20.0. The molecule has 35 heavy (non-hydrogen) atoms. The predicted octanol–water partition coefficient (Wildman–Crippen LogP) is 6.67. The lowest BCUT2D eigenvalue weighted by Crippen LogP contribution is -2.24. The van der Waals surface area contributed by atoms with Crippen molar-refractivity contribution in [3.8, 4) is 11.5 Å². The fourth-order valence-electron chi connectivity index (χ4n) is 3.35. The summed E-state index contributed by atoms with van der Waals surface area (Å²) in [6.45, 7) is 5.50. The second kappa shape index (κ2) is 12.2. The molecule has 0 spiro atoms. The topological polar surface area (TPSA) is 81.7 Å². The highest BCUT2D eigenvalue weighted by Gasteiger charge is 2.19. The average molecular weight is 494 g/mol. The van der Waals surface area contributed by atoms with Crippen LogP contribution in [0.4, 0.5) is 5.69 Å². The van der Waals surface area contributed by atoms with Gasteiger partial charge in [-0.1, -0.05) is 35.9 Å². The highest BCUT2D eigenvalue weighted by molar-refractivity contribution is 6.31. The quantitative estimate of drug-likeness (QED) is 0.252. The van der Waals surface area contributed by atoms with Gasteiger partial charge in [-0.05, 0) is 80.8 Å². The van der Waals surface area contributed by atoms with Gasteiger partial charge in [0, 0.05) is 29.1 Å². The monoisotopic (exact) mass is 493 g/mol. The highest BCUT2D eigenvalue weighted by Crippen LogP contribution is 2.27. The Morgan fingerprint density at radius 1 is 0.943 bits per heavy atom. The zero-order chi connectivity index (χ0) is 25.4. The lowest BCUT2D eigenvalue weighted by Gasteiger charge is -2.12. The summed E-state index contributed by atoms with van der Waals surface area (Å²) in [6, 6.07) is 19.6. The number of benzene rings is 3. The minimum absolute atomic E-state index is 0.0310. The molecule has 0 bridgehead atoms. The van der Waals surface area contributed by atoms with Crippen LogP contribution in [0.1, 0.15) is 47.7 Å². The van der Waals surface area contributed by atoms with Crippen molar-refractivity contribution in [2.45, 2.75) is 46.1 Å². The van der Waals surface area contributed by atoms with Crippen molar-refractivity contribution in [1.29, 1.82) is 0 Å². The number of nitrogens with one attached hydrogen (secondary N) is 1. The van der Waals surface area contributed by atoms with Crippen molar-refractivity contribution in [2.75, 3.05) is 5.32 Å². The minimum Gasteiger partial charge on any atom is -0.457 e. The third kappa shape index (κ3) is 7.97. The van der Waals surface area contributed by atoms with Crippen LogP contribution in [0.5, 0.6) is 11.5 Å². The van der Waals surface area contributed by atoms with Gasteiger partial charge in [0.05, 0.1) is 0 Å². The van der Waals surface area contributed by atoms with Crippen molar-refractivity contribution in [2.24, 2.45) is 0 Å². The van der Waals surface area contributed by atoms with Crippen LogP contribution in [0.15, 0.2) is 66.7 Å². The normalized spacial score (nSPS) is 11.4. The van der Waals surface area contributed by atoms with Gasteiger partial charge in [0.15, 0.2) is 6.10 Å². The molecule has 0 aliphatic rings. The third-order valence-corrected chi connectivity index (χ3v) is 5.52. The fourth-order valence-corrected chi connectivity index (χ4v) is 3.54. The van der Waals surface area contributed by atoms with Gasteiger partial charge in [-0.3, -0.25) is 14.4 Å². The van der Waals surface area contributed by atoms with Crippen LogP contribution < -0.4 is 10.1 Å². The summed E-state index contributed by atoms with van der Waals surface area (Å²) >= 11 is 5.90. The first kappa shape index (κ1) is 26.0. The number of amides is 1. The Bertz CT molecular complexity index is 1210. The molecule has 3 aromatic carbocycles. The van der Waals surface area contributed by atoms with E-state index in [2.05, 4.69) is 5.32 Å². The molecule has 0 aromatic heterocycles. The number of aryl methyl sites for hydroxylation is 2. The predicted molar refractivity (Wildman–Crippen MR) is 136 cm³/mol. The first-order valence-corrected chi connectivity index (χ1v) is 11.7. The Kier molecular flexibility index (Phi) is 9.04. The van der Waals surface area contributed by atoms with E-state index < -0.39 is 12.1 Å². The molecule has 0 aliphatic heterocycles. The first-order chi connectivity index (χ1) is 16.7. The number of esters is 1. The molecule has 0 saturated heterocycles. The Balaban J connectivity index is 1.41. The van der Waals surface area contributed by atoms with E-state index in [9.17, 15) is 14.4 Å². The highest BCUT2D eigenvalue weighted by atomic mass is 35.5. The zero-order valence-corrected chi connectivity index (χ0v) is 20.7. The van der Waals surface area contributed by atoms with E-state index in [1.807, 2.05) is 32.0 Å². The molecule has 6 nitrogen and oxygen atoms in total. The molecular weight excluding hydrogens is 466 g/mol. The number of carbonyl (C=O) groups is 3. The molecular formula is C28H28ClNO5. The van der Waals surface area contributed by atoms with E-state index in [4.69, 9.17) is 21.1 Å². The number of ether oxygens (including phenoxy) is 2. The van der Waals surface area contributed by atoms with Crippen LogP contribution in [0.3, 0.4) is 0 Å². The van der Waals surface area contributed by atoms with Gasteiger partial charge in [-0.2, -0.15) is 0 Å². The molecule has 3 rings (SSSR count). The van der Waals surface area contributed by atoms with Gasteiger partial charge in [0.1, 0.15) is 11.5 Å². The van der Waals surface area contributed by atoms with Crippen molar-refractivity contribution < 1.29 is 23.9 Å². The Morgan fingerprint density at radius 2 is 1.69 bits per heavy atom. The van der Waals surface area contributed by atoms with Crippen LogP contribution in [0, 0.1) is 13.8 Å². The van der Waals surface area contributed by atoms with Crippen molar-refractivity contribution in [1.82, 2.24) is 0 Å².